The summed E-state index contributed by atoms with van der Waals surface area (Å²) in [5.74, 6) is -1.59. The number of imidazole rings is 1. The first-order valence-corrected chi connectivity index (χ1v) is 11.1. The summed E-state index contributed by atoms with van der Waals surface area (Å²) in [4.78, 5) is 27.8. The fourth-order valence-electron chi connectivity index (χ4n) is 3.72. The van der Waals surface area contributed by atoms with E-state index in [1.165, 1.54) is 12.1 Å². The van der Waals surface area contributed by atoms with Crippen molar-refractivity contribution in [2.24, 2.45) is 5.92 Å². The number of carboxylic acids is 2. The van der Waals surface area contributed by atoms with Crippen LogP contribution in [0.25, 0.3) is 0 Å². The second kappa shape index (κ2) is 11.0. The standard InChI is InChI=1S/C25H27ClN2O4/c1-2-3-9-23-27-15-21(13-20(25(31)32)12-17-7-5-4-6-8-17)28(23)16-19-11-10-18(24(29)30)14-22(19)26/h4-8,10-11,14-15,20H,2-3,9,12-13,16H2,1H3,(H,29,30)(H,31,32). The summed E-state index contributed by atoms with van der Waals surface area (Å²) in [6, 6.07) is 14.3. The molecule has 3 rings (SSSR count). The molecule has 0 bridgehead atoms. The number of halogens is 1. The maximum Gasteiger partial charge on any atom is 0.335 e. The van der Waals surface area contributed by atoms with Crippen molar-refractivity contribution >= 4 is 23.5 Å². The van der Waals surface area contributed by atoms with E-state index in [2.05, 4.69) is 11.9 Å². The molecule has 1 unspecified atom stereocenters. The molecular weight excluding hydrogens is 428 g/mol. The summed E-state index contributed by atoms with van der Waals surface area (Å²) in [7, 11) is 0. The van der Waals surface area contributed by atoms with Crippen LogP contribution in [0.3, 0.4) is 0 Å². The van der Waals surface area contributed by atoms with E-state index in [9.17, 15) is 19.8 Å². The number of aryl methyl sites for hydroxylation is 1. The van der Waals surface area contributed by atoms with Crippen molar-refractivity contribution in [2.75, 3.05) is 0 Å². The number of aromatic nitrogens is 2. The minimum atomic E-state index is -1.03. The molecule has 0 fully saturated rings. The Hall–Kier alpha value is -3.12. The SMILES string of the molecule is CCCCc1ncc(CC(Cc2ccccc2)C(=O)O)n1Cc1ccc(C(=O)O)cc1Cl. The lowest BCUT2D eigenvalue weighted by molar-refractivity contribution is -0.141. The number of aliphatic carboxylic acids is 1. The smallest absolute Gasteiger partial charge is 0.335 e. The van der Waals surface area contributed by atoms with Crippen LogP contribution in [-0.4, -0.2) is 31.7 Å². The lowest BCUT2D eigenvalue weighted by atomic mass is 9.95. The van der Waals surface area contributed by atoms with Crippen LogP contribution in [0.15, 0.2) is 54.7 Å². The normalized spacial score (nSPS) is 11.9. The van der Waals surface area contributed by atoms with Gasteiger partial charge in [0.2, 0.25) is 0 Å². The van der Waals surface area contributed by atoms with Crippen LogP contribution in [0.4, 0.5) is 0 Å². The van der Waals surface area contributed by atoms with Gasteiger partial charge in [-0.3, -0.25) is 4.79 Å². The summed E-state index contributed by atoms with van der Waals surface area (Å²) in [5, 5.41) is 19.4. The van der Waals surface area contributed by atoms with Gasteiger partial charge in [0.05, 0.1) is 18.0 Å². The average Bonchev–Trinajstić information content (AvgIpc) is 3.14. The van der Waals surface area contributed by atoms with Gasteiger partial charge in [-0.1, -0.05) is 61.3 Å². The minimum Gasteiger partial charge on any atom is -0.481 e. The van der Waals surface area contributed by atoms with Crippen LogP contribution >= 0.6 is 11.6 Å². The molecule has 0 aliphatic heterocycles. The van der Waals surface area contributed by atoms with Crippen molar-refractivity contribution in [1.29, 1.82) is 0 Å². The largest absolute Gasteiger partial charge is 0.481 e. The van der Waals surface area contributed by atoms with E-state index < -0.39 is 17.9 Å². The van der Waals surface area contributed by atoms with Crippen LogP contribution in [0.1, 0.15) is 52.8 Å². The quantitative estimate of drug-likeness (QED) is 0.420. The first-order chi connectivity index (χ1) is 15.4. The Balaban J connectivity index is 1.90. The zero-order valence-electron chi connectivity index (χ0n) is 18.0. The highest BCUT2D eigenvalue weighted by molar-refractivity contribution is 6.31. The van der Waals surface area contributed by atoms with Crippen LogP contribution in [-0.2, 0) is 30.6 Å². The fourth-order valence-corrected chi connectivity index (χ4v) is 3.96. The summed E-state index contributed by atoms with van der Waals surface area (Å²) in [6.45, 7) is 2.51. The van der Waals surface area contributed by atoms with Crippen molar-refractivity contribution in [3.05, 3.63) is 88.0 Å². The number of carbonyl (C=O) groups is 2. The molecule has 7 heteroatoms. The molecule has 3 aromatic rings. The first kappa shape index (κ1) is 23.5. The third-order valence-electron chi connectivity index (χ3n) is 5.53. The van der Waals surface area contributed by atoms with E-state index in [0.29, 0.717) is 24.4 Å². The van der Waals surface area contributed by atoms with Crippen LogP contribution in [0.2, 0.25) is 5.02 Å². The van der Waals surface area contributed by atoms with E-state index in [4.69, 9.17) is 11.6 Å². The number of carboxylic acid groups (broad SMARTS) is 2. The number of aromatic carboxylic acids is 1. The van der Waals surface area contributed by atoms with Gasteiger partial charge in [-0.2, -0.15) is 0 Å². The van der Waals surface area contributed by atoms with Gasteiger partial charge in [-0.05, 0) is 36.1 Å². The summed E-state index contributed by atoms with van der Waals surface area (Å²) in [5.41, 5.74) is 2.70. The molecule has 2 aromatic carbocycles. The van der Waals surface area contributed by atoms with Crippen molar-refractivity contribution in [3.63, 3.8) is 0 Å². The Labute approximate surface area is 192 Å². The van der Waals surface area contributed by atoms with Gasteiger partial charge in [0.15, 0.2) is 0 Å². The molecule has 0 aliphatic rings. The Morgan fingerprint density at radius 3 is 2.47 bits per heavy atom. The molecular formula is C25H27ClN2O4. The van der Waals surface area contributed by atoms with E-state index in [1.807, 2.05) is 34.9 Å². The minimum absolute atomic E-state index is 0.129. The maximum absolute atomic E-state index is 12.0. The Morgan fingerprint density at radius 2 is 1.84 bits per heavy atom. The summed E-state index contributed by atoms with van der Waals surface area (Å²) >= 11 is 6.37. The third-order valence-corrected chi connectivity index (χ3v) is 5.88. The van der Waals surface area contributed by atoms with Gasteiger partial charge in [0, 0.05) is 29.8 Å². The Kier molecular flexibility index (Phi) is 8.06. The van der Waals surface area contributed by atoms with Gasteiger partial charge in [-0.15, -0.1) is 0 Å². The molecule has 1 aromatic heterocycles. The highest BCUT2D eigenvalue weighted by Gasteiger charge is 2.22. The van der Waals surface area contributed by atoms with Gasteiger partial charge in [0.1, 0.15) is 5.82 Å². The van der Waals surface area contributed by atoms with Crippen LogP contribution < -0.4 is 0 Å². The molecule has 32 heavy (non-hydrogen) atoms. The Bertz CT molecular complexity index is 1080. The van der Waals surface area contributed by atoms with E-state index in [-0.39, 0.29) is 5.56 Å². The van der Waals surface area contributed by atoms with Crippen LogP contribution in [0, 0.1) is 5.92 Å². The van der Waals surface area contributed by atoms with Crippen LogP contribution in [0.5, 0.6) is 0 Å². The number of nitrogens with zero attached hydrogens (tertiary/aromatic N) is 2. The predicted molar refractivity (Wildman–Crippen MR) is 123 cm³/mol. The lowest BCUT2D eigenvalue weighted by Gasteiger charge is -2.17. The number of unbranched alkanes of at least 4 members (excludes halogenated alkanes) is 1. The number of benzene rings is 2. The van der Waals surface area contributed by atoms with Crippen molar-refractivity contribution in [3.8, 4) is 0 Å². The van der Waals surface area contributed by atoms with Crippen molar-refractivity contribution in [1.82, 2.24) is 9.55 Å². The molecule has 6 nitrogen and oxygen atoms in total. The van der Waals surface area contributed by atoms with E-state index in [1.54, 1.807) is 12.3 Å². The lowest BCUT2D eigenvalue weighted by Crippen LogP contribution is -2.21. The van der Waals surface area contributed by atoms with Crippen molar-refractivity contribution in [2.45, 2.75) is 45.6 Å². The molecule has 1 atom stereocenters. The molecule has 0 spiro atoms. The molecule has 0 amide bonds. The van der Waals surface area contributed by atoms with E-state index >= 15 is 0 Å². The van der Waals surface area contributed by atoms with Crippen molar-refractivity contribution < 1.29 is 19.8 Å². The highest BCUT2D eigenvalue weighted by Crippen LogP contribution is 2.23. The fraction of sp³-hybridized carbons (Fsp3) is 0.320. The summed E-state index contributed by atoms with van der Waals surface area (Å²) < 4.78 is 2.03. The average molecular weight is 455 g/mol. The number of hydrogen-bond donors (Lipinski definition) is 2. The second-order valence-electron chi connectivity index (χ2n) is 7.90. The van der Waals surface area contributed by atoms with E-state index in [0.717, 1.165) is 41.9 Å². The third kappa shape index (κ3) is 5.98. The maximum atomic E-state index is 12.0. The zero-order valence-corrected chi connectivity index (χ0v) is 18.8. The molecule has 0 radical (unpaired) electrons. The van der Waals surface area contributed by atoms with Gasteiger partial charge < -0.3 is 14.8 Å². The molecule has 2 N–H and O–H groups in total. The summed E-state index contributed by atoms with van der Waals surface area (Å²) in [6.07, 6.45) is 5.29. The van der Waals surface area contributed by atoms with Gasteiger partial charge >= 0.3 is 11.9 Å². The molecule has 168 valence electrons. The second-order valence-corrected chi connectivity index (χ2v) is 8.30. The Morgan fingerprint density at radius 1 is 1.09 bits per heavy atom. The monoisotopic (exact) mass is 454 g/mol. The topological polar surface area (TPSA) is 92.4 Å². The highest BCUT2D eigenvalue weighted by atomic mass is 35.5. The zero-order chi connectivity index (χ0) is 23.1. The molecule has 0 saturated carbocycles. The molecule has 0 aliphatic carbocycles. The van der Waals surface area contributed by atoms with Gasteiger partial charge in [0.25, 0.3) is 0 Å². The number of hydrogen-bond acceptors (Lipinski definition) is 3. The molecule has 0 saturated heterocycles. The predicted octanol–water partition coefficient (Wildman–Crippen LogP) is 5.11. The molecule has 1 heterocycles. The first-order valence-electron chi connectivity index (χ1n) is 10.7. The van der Waals surface area contributed by atoms with Gasteiger partial charge in [-0.25, -0.2) is 9.78 Å². The number of rotatable bonds is 11.